The van der Waals surface area contributed by atoms with Crippen LogP contribution < -0.4 is 15.8 Å². The van der Waals surface area contributed by atoms with Crippen LogP contribution in [0.2, 0.25) is 0 Å². The molecule has 20 heavy (non-hydrogen) atoms. The fourth-order valence-corrected chi connectivity index (χ4v) is 1.87. The average molecular weight is 282 g/mol. The molecule has 1 atom stereocenters. The van der Waals surface area contributed by atoms with Gasteiger partial charge in [-0.25, -0.2) is 4.39 Å². The van der Waals surface area contributed by atoms with Crippen molar-refractivity contribution in [2.24, 2.45) is 5.73 Å². The lowest BCUT2D eigenvalue weighted by molar-refractivity contribution is -0.124. The van der Waals surface area contributed by atoms with Crippen molar-refractivity contribution in [2.45, 2.75) is 38.6 Å². The van der Waals surface area contributed by atoms with E-state index in [1.165, 1.54) is 12.1 Å². The molecule has 1 aromatic carbocycles. The predicted molar refractivity (Wildman–Crippen MR) is 77.0 cm³/mol. The van der Waals surface area contributed by atoms with Crippen molar-refractivity contribution in [1.29, 1.82) is 0 Å². The lowest BCUT2D eigenvalue weighted by Crippen LogP contribution is -2.53. The number of carbonyl (C=O) groups excluding carboxylic acids is 1. The summed E-state index contributed by atoms with van der Waals surface area (Å²) in [6, 6.07) is 6.00. The Balaban J connectivity index is 2.39. The molecule has 0 fully saturated rings. The number of halogens is 1. The second kappa shape index (κ2) is 7.85. The van der Waals surface area contributed by atoms with Crippen LogP contribution in [0.3, 0.4) is 0 Å². The molecular formula is C15H23FN2O2. The third-order valence-corrected chi connectivity index (χ3v) is 3.19. The Bertz CT molecular complexity index is 440. The molecule has 0 aliphatic heterocycles. The zero-order valence-corrected chi connectivity index (χ0v) is 12.1. The van der Waals surface area contributed by atoms with Crippen LogP contribution in [-0.4, -0.2) is 24.6 Å². The molecule has 1 unspecified atom stereocenters. The van der Waals surface area contributed by atoms with E-state index in [1.54, 1.807) is 19.1 Å². The van der Waals surface area contributed by atoms with Gasteiger partial charge in [0.1, 0.15) is 11.6 Å². The Labute approximate surface area is 119 Å². The number of benzene rings is 1. The number of amides is 1. The first kappa shape index (κ1) is 16.4. The highest BCUT2D eigenvalue weighted by molar-refractivity contribution is 5.84. The first-order chi connectivity index (χ1) is 9.48. The minimum atomic E-state index is -0.721. The fraction of sp³-hybridized carbons (Fsp3) is 0.533. The van der Waals surface area contributed by atoms with Crippen LogP contribution in [0, 0.1) is 5.82 Å². The first-order valence-corrected chi connectivity index (χ1v) is 6.91. The summed E-state index contributed by atoms with van der Waals surface area (Å²) in [6.45, 7) is 4.99. The molecule has 0 radical (unpaired) electrons. The first-order valence-electron chi connectivity index (χ1n) is 6.91. The molecule has 4 nitrogen and oxygen atoms in total. The molecule has 0 aliphatic rings. The van der Waals surface area contributed by atoms with E-state index in [0.29, 0.717) is 25.2 Å². The summed E-state index contributed by atoms with van der Waals surface area (Å²) in [5.41, 5.74) is 4.71. The molecule has 1 rings (SSSR count). The van der Waals surface area contributed by atoms with Crippen LogP contribution in [0.4, 0.5) is 4.39 Å². The highest BCUT2D eigenvalue weighted by Gasteiger charge is 2.29. The van der Waals surface area contributed by atoms with Gasteiger partial charge in [-0.2, -0.15) is 0 Å². The monoisotopic (exact) mass is 282 g/mol. The number of nitrogens with two attached hydrogens (primary N) is 1. The molecule has 0 spiro atoms. The van der Waals surface area contributed by atoms with E-state index in [1.807, 2.05) is 6.92 Å². The van der Waals surface area contributed by atoms with Crippen LogP contribution in [0.5, 0.6) is 5.75 Å². The summed E-state index contributed by atoms with van der Waals surface area (Å²) in [7, 11) is 0. The van der Waals surface area contributed by atoms with Gasteiger partial charge in [-0.05, 0) is 44.9 Å². The van der Waals surface area contributed by atoms with Crippen LogP contribution >= 0.6 is 0 Å². The maximum absolute atomic E-state index is 13.0. The zero-order valence-electron chi connectivity index (χ0n) is 12.1. The number of primary amides is 1. The molecule has 0 aliphatic carbocycles. The highest BCUT2D eigenvalue weighted by Crippen LogP contribution is 2.15. The van der Waals surface area contributed by atoms with Crippen molar-refractivity contribution in [3.63, 3.8) is 0 Å². The topological polar surface area (TPSA) is 64.3 Å². The number of ether oxygens (including phenoxy) is 1. The zero-order chi connectivity index (χ0) is 15.0. The molecule has 5 heteroatoms. The van der Waals surface area contributed by atoms with Crippen LogP contribution in [0.15, 0.2) is 24.3 Å². The van der Waals surface area contributed by atoms with Crippen LogP contribution in [0.25, 0.3) is 0 Å². The maximum Gasteiger partial charge on any atom is 0.237 e. The second-order valence-corrected chi connectivity index (χ2v) is 5.03. The lowest BCUT2D eigenvalue weighted by Gasteiger charge is -2.27. The van der Waals surface area contributed by atoms with E-state index in [-0.39, 0.29) is 11.7 Å². The SMILES string of the molecule is CCCNC(C)(CCCOc1cccc(F)c1)C(N)=O. The number of nitrogens with one attached hydrogen (secondary N) is 1. The standard InChI is InChI=1S/C15H23FN2O2/c1-3-9-18-15(2,14(17)19)8-5-10-20-13-7-4-6-12(16)11-13/h4,6-7,11,18H,3,5,8-10H2,1-2H3,(H2,17,19). The molecule has 1 aromatic rings. The van der Waals surface area contributed by atoms with E-state index in [4.69, 9.17) is 10.5 Å². The minimum Gasteiger partial charge on any atom is -0.493 e. The quantitative estimate of drug-likeness (QED) is 0.683. The Hall–Kier alpha value is -1.62. The molecule has 112 valence electrons. The summed E-state index contributed by atoms with van der Waals surface area (Å²) < 4.78 is 18.4. The number of hydrogen-bond acceptors (Lipinski definition) is 3. The molecular weight excluding hydrogens is 259 g/mol. The second-order valence-electron chi connectivity index (χ2n) is 5.03. The van der Waals surface area contributed by atoms with Crippen molar-refractivity contribution in [3.05, 3.63) is 30.1 Å². The largest absolute Gasteiger partial charge is 0.493 e. The van der Waals surface area contributed by atoms with E-state index in [0.717, 1.165) is 13.0 Å². The van der Waals surface area contributed by atoms with Crippen molar-refractivity contribution in [2.75, 3.05) is 13.2 Å². The third kappa shape index (κ3) is 5.17. The Morgan fingerprint density at radius 3 is 2.85 bits per heavy atom. The van der Waals surface area contributed by atoms with E-state index in [2.05, 4.69) is 5.32 Å². The van der Waals surface area contributed by atoms with Gasteiger partial charge in [-0.1, -0.05) is 13.0 Å². The highest BCUT2D eigenvalue weighted by atomic mass is 19.1. The minimum absolute atomic E-state index is 0.325. The molecule has 3 N–H and O–H groups in total. The van der Waals surface area contributed by atoms with Gasteiger partial charge < -0.3 is 15.8 Å². The fourth-order valence-electron chi connectivity index (χ4n) is 1.87. The van der Waals surface area contributed by atoms with Crippen molar-refractivity contribution in [1.82, 2.24) is 5.32 Å². The van der Waals surface area contributed by atoms with Gasteiger partial charge in [-0.15, -0.1) is 0 Å². The Morgan fingerprint density at radius 2 is 2.25 bits per heavy atom. The van der Waals surface area contributed by atoms with Crippen molar-refractivity contribution < 1.29 is 13.9 Å². The number of carbonyl (C=O) groups is 1. The molecule has 0 heterocycles. The molecule has 0 saturated heterocycles. The van der Waals surface area contributed by atoms with E-state index < -0.39 is 5.54 Å². The predicted octanol–water partition coefficient (Wildman–Crippen LogP) is 2.23. The van der Waals surface area contributed by atoms with E-state index >= 15 is 0 Å². The number of hydrogen-bond donors (Lipinski definition) is 2. The average Bonchev–Trinajstić information content (AvgIpc) is 2.41. The van der Waals surface area contributed by atoms with Crippen LogP contribution in [-0.2, 0) is 4.79 Å². The molecule has 0 saturated carbocycles. The summed E-state index contributed by atoms with van der Waals surface area (Å²) in [6.07, 6.45) is 2.17. The van der Waals surface area contributed by atoms with Crippen LogP contribution in [0.1, 0.15) is 33.1 Å². The Kier molecular flexibility index (Phi) is 6.45. The van der Waals surface area contributed by atoms with Gasteiger partial charge in [0.25, 0.3) is 0 Å². The van der Waals surface area contributed by atoms with Gasteiger partial charge in [0.15, 0.2) is 0 Å². The number of rotatable bonds is 9. The maximum atomic E-state index is 13.0. The summed E-state index contributed by atoms with van der Waals surface area (Å²) in [5.74, 6) is -0.196. The molecule has 1 amide bonds. The lowest BCUT2D eigenvalue weighted by atomic mass is 9.95. The summed E-state index contributed by atoms with van der Waals surface area (Å²) in [5, 5.41) is 3.16. The van der Waals surface area contributed by atoms with Gasteiger partial charge in [0.2, 0.25) is 5.91 Å². The van der Waals surface area contributed by atoms with Crippen molar-refractivity contribution >= 4 is 5.91 Å². The van der Waals surface area contributed by atoms with Gasteiger partial charge in [0.05, 0.1) is 12.1 Å². The normalized spacial score (nSPS) is 13.8. The van der Waals surface area contributed by atoms with E-state index in [9.17, 15) is 9.18 Å². The van der Waals surface area contributed by atoms with Gasteiger partial charge in [-0.3, -0.25) is 4.79 Å². The third-order valence-electron chi connectivity index (χ3n) is 3.19. The smallest absolute Gasteiger partial charge is 0.237 e. The van der Waals surface area contributed by atoms with Gasteiger partial charge >= 0.3 is 0 Å². The van der Waals surface area contributed by atoms with Gasteiger partial charge in [0, 0.05) is 6.07 Å². The van der Waals surface area contributed by atoms with Crippen molar-refractivity contribution in [3.8, 4) is 5.75 Å². The molecule has 0 bridgehead atoms. The molecule has 0 aromatic heterocycles. The summed E-state index contributed by atoms with van der Waals surface area (Å²) >= 11 is 0. The summed E-state index contributed by atoms with van der Waals surface area (Å²) in [4.78, 5) is 11.5. The Morgan fingerprint density at radius 1 is 1.50 bits per heavy atom.